The Hall–Kier alpha value is -5.01. The predicted octanol–water partition coefficient (Wildman–Crippen LogP) is 6.46. The number of carbonyl (C=O) groups is 2. The first-order valence-electron chi connectivity index (χ1n) is 15.8. The lowest BCUT2D eigenvalue weighted by atomic mass is 10.0. The van der Waals surface area contributed by atoms with Crippen molar-refractivity contribution in [3.8, 4) is 5.75 Å². The van der Waals surface area contributed by atoms with Crippen molar-refractivity contribution in [3.05, 3.63) is 129 Å². The number of unbranched alkanes of at least 4 members (excludes halogenated alkanes) is 1. The van der Waals surface area contributed by atoms with E-state index in [9.17, 15) is 32.5 Å². The van der Waals surface area contributed by atoms with Crippen molar-refractivity contribution in [2.24, 2.45) is 0 Å². The van der Waals surface area contributed by atoms with Gasteiger partial charge in [0.25, 0.3) is 15.7 Å². The Morgan fingerprint density at radius 2 is 1.70 bits per heavy atom. The van der Waals surface area contributed by atoms with E-state index in [-0.39, 0.29) is 35.0 Å². The highest BCUT2D eigenvalue weighted by Gasteiger charge is 2.36. The summed E-state index contributed by atoms with van der Waals surface area (Å²) in [6.07, 6.45) is 1.59. The molecule has 50 heavy (non-hydrogen) atoms. The highest BCUT2D eigenvalue weighted by atomic mass is 35.5. The van der Waals surface area contributed by atoms with Crippen molar-refractivity contribution >= 4 is 44.8 Å². The fourth-order valence-corrected chi connectivity index (χ4v) is 6.90. The SMILES string of the molecule is CCCCNC(=O)C(Cc1ccccc1)N(Cc1ccc(F)cc1)C(=O)CN(c1cc(Cl)ccc1OC)S(=O)(=O)c1ccc(C)c([N+](=O)[O-])c1. The first-order chi connectivity index (χ1) is 23.8. The fraction of sp³-hybridized carbons (Fsp3) is 0.278. The lowest BCUT2D eigenvalue weighted by Crippen LogP contribution is -2.53. The minimum Gasteiger partial charge on any atom is -0.495 e. The standard InChI is InChI=1S/C36H38ClFN4O7S/c1-4-5-19-39-36(44)33(20-26-9-7-6-8-10-26)40(23-27-12-15-29(38)16-13-27)35(43)24-41(32-21-28(37)14-18-34(32)49-3)50(47,48)30-17-11-25(2)31(22-30)42(45)46/h6-18,21-22,33H,4-5,19-20,23-24H2,1-3H3,(H,39,44). The molecule has 0 heterocycles. The van der Waals surface area contributed by atoms with Gasteiger partial charge in [-0.05, 0) is 60.9 Å². The van der Waals surface area contributed by atoms with Crippen LogP contribution in [0.4, 0.5) is 15.8 Å². The van der Waals surface area contributed by atoms with Crippen LogP contribution in [0.2, 0.25) is 5.02 Å². The van der Waals surface area contributed by atoms with E-state index in [1.807, 2.05) is 25.1 Å². The van der Waals surface area contributed by atoms with E-state index in [0.29, 0.717) is 18.5 Å². The minimum absolute atomic E-state index is 0.0515. The maximum Gasteiger partial charge on any atom is 0.273 e. The number of benzene rings is 4. The van der Waals surface area contributed by atoms with Gasteiger partial charge >= 0.3 is 0 Å². The number of anilines is 1. The maximum atomic E-state index is 14.6. The van der Waals surface area contributed by atoms with Crippen LogP contribution < -0.4 is 14.4 Å². The van der Waals surface area contributed by atoms with Crippen LogP contribution in [0.5, 0.6) is 5.75 Å². The zero-order valence-corrected chi connectivity index (χ0v) is 29.4. The molecule has 14 heteroatoms. The highest BCUT2D eigenvalue weighted by molar-refractivity contribution is 7.92. The van der Waals surface area contributed by atoms with Crippen LogP contribution in [-0.2, 0) is 32.6 Å². The molecular weight excluding hydrogens is 687 g/mol. The zero-order chi connectivity index (χ0) is 36.4. The number of hydrogen-bond donors (Lipinski definition) is 1. The third-order valence-electron chi connectivity index (χ3n) is 8.02. The Kier molecular flexibility index (Phi) is 12.9. The Morgan fingerprint density at radius 1 is 1.00 bits per heavy atom. The number of ether oxygens (including phenoxy) is 1. The molecule has 4 aromatic rings. The van der Waals surface area contributed by atoms with Crippen LogP contribution in [0.25, 0.3) is 0 Å². The van der Waals surface area contributed by atoms with E-state index in [0.717, 1.165) is 22.4 Å². The van der Waals surface area contributed by atoms with Crippen LogP contribution in [0, 0.1) is 22.9 Å². The van der Waals surface area contributed by atoms with E-state index in [1.54, 1.807) is 12.1 Å². The van der Waals surface area contributed by atoms with Gasteiger partial charge in [-0.2, -0.15) is 0 Å². The summed E-state index contributed by atoms with van der Waals surface area (Å²) >= 11 is 6.32. The maximum absolute atomic E-state index is 14.6. The Labute approximate surface area is 295 Å². The molecule has 0 aliphatic carbocycles. The van der Waals surface area contributed by atoms with Gasteiger partial charge in [-0.3, -0.25) is 24.0 Å². The van der Waals surface area contributed by atoms with Gasteiger partial charge in [0.2, 0.25) is 11.8 Å². The number of hydrogen-bond acceptors (Lipinski definition) is 7. The average molecular weight is 725 g/mol. The number of sulfonamides is 1. The summed E-state index contributed by atoms with van der Waals surface area (Å²) in [6.45, 7) is 2.77. The number of nitro benzene ring substituents is 1. The second-order valence-electron chi connectivity index (χ2n) is 11.5. The summed E-state index contributed by atoms with van der Waals surface area (Å²) in [4.78, 5) is 40.4. The predicted molar refractivity (Wildman–Crippen MR) is 189 cm³/mol. The topological polar surface area (TPSA) is 139 Å². The summed E-state index contributed by atoms with van der Waals surface area (Å²) in [5.41, 5.74) is 0.932. The summed E-state index contributed by atoms with van der Waals surface area (Å²) in [5, 5.41) is 14.8. The number of aryl methyl sites for hydroxylation is 1. The number of nitrogens with zero attached hydrogens (tertiary/aromatic N) is 3. The van der Waals surface area contributed by atoms with Crippen molar-refractivity contribution in [3.63, 3.8) is 0 Å². The molecule has 0 saturated heterocycles. The largest absolute Gasteiger partial charge is 0.495 e. The van der Waals surface area contributed by atoms with Gasteiger partial charge in [0.1, 0.15) is 24.2 Å². The molecule has 4 rings (SSSR count). The molecule has 1 N–H and O–H groups in total. The summed E-state index contributed by atoms with van der Waals surface area (Å²) < 4.78 is 49.0. The normalized spacial score (nSPS) is 11.8. The number of amides is 2. The number of methoxy groups -OCH3 is 1. The molecule has 2 amide bonds. The fourth-order valence-electron chi connectivity index (χ4n) is 5.29. The molecule has 0 aliphatic rings. The molecule has 0 aliphatic heterocycles. The van der Waals surface area contributed by atoms with Gasteiger partial charge in [0, 0.05) is 36.2 Å². The van der Waals surface area contributed by atoms with E-state index < -0.39 is 55.7 Å². The summed E-state index contributed by atoms with van der Waals surface area (Å²) in [6, 6.07) is 21.0. The summed E-state index contributed by atoms with van der Waals surface area (Å²) in [5.74, 6) is -1.69. The number of nitrogens with one attached hydrogen (secondary N) is 1. The molecule has 0 spiro atoms. The van der Waals surface area contributed by atoms with Gasteiger partial charge in [-0.15, -0.1) is 0 Å². The van der Waals surface area contributed by atoms with Crippen molar-refractivity contribution < 1.29 is 32.1 Å². The van der Waals surface area contributed by atoms with Crippen molar-refractivity contribution in [2.45, 2.75) is 50.6 Å². The smallest absolute Gasteiger partial charge is 0.273 e. The van der Waals surface area contributed by atoms with Crippen LogP contribution in [0.1, 0.15) is 36.5 Å². The average Bonchev–Trinajstić information content (AvgIpc) is 3.09. The summed E-state index contributed by atoms with van der Waals surface area (Å²) in [7, 11) is -3.40. The molecule has 1 atom stereocenters. The zero-order valence-electron chi connectivity index (χ0n) is 27.8. The van der Waals surface area contributed by atoms with E-state index in [2.05, 4.69) is 5.32 Å². The van der Waals surface area contributed by atoms with Gasteiger partial charge in [0.05, 0.1) is 22.6 Å². The van der Waals surface area contributed by atoms with Crippen LogP contribution in [-0.4, -0.2) is 56.3 Å². The molecule has 11 nitrogen and oxygen atoms in total. The van der Waals surface area contributed by atoms with Gasteiger partial charge in [0.15, 0.2) is 0 Å². The molecule has 1 unspecified atom stereocenters. The molecule has 0 fully saturated rings. The van der Waals surface area contributed by atoms with E-state index in [4.69, 9.17) is 16.3 Å². The number of nitro groups is 1. The molecular formula is C36H38ClFN4O7S. The van der Waals surface area contributed by atoms with E-state index >= 15 is 0 Å². The Bertz CT molecular complexity index is 1930. The third-order valence-corrected chi connectivity index (χ3v) is 10.0. The molecule has 0 bridgehead atoms. The number of rotatable bonds is 16. The van der Waals surface area contributed by atoms with Crippen LogP contribution in [0.3, 0.4) is 0 Å². The Balaban J connectivity index is 1.87. The molecule has 0 aromatic heterocycles. The van der Waals surface area contributed by atoms with Gasteiger partial charge < -0.3 is 15.0 Å². The first kappa shape index (κ1) is 37.8. The van der Waals surface area contributed by atoms with Crippen molar-refractivity contribution in [1.82, 2.24) is 10.2 Å². The van der Waals surface area contributed by atoms with Gasteiger partial charge in [-0.25, -0.2) is 12.8 Å². The lowest BCUT2D eigenvalue weighted by Gasteiger charge is -2.34. The molecule has 0 radical (unpaired) electrons. The minimum atomic E-state index is -4.71. The third kappa shape index (κ3) is 9.36. The van der Waals surface area contributed by atoms with E-state index in [1.165, 1.54) is 73.5 Å². The quantitative estimate of drug-likeness (QED) is 0.0796. The molecule has 4 aromatic carbocycles. The lowest BCUT2D eigenvalue weighted by molar-refractivity contribution is -0.385. The highest BCUT2D eigenvalue weighted by Crippen LogP contribution is 2.36. The van der Waals surface area contributed by atoms with Crippen LogP contribution >= 0.6 is 11.6 Å². The number of carbonyl (C=O) groups excluding carboxylic acids is 2. The second kappa shape index (κ2) is 17.1. The molecule has 0 saturated carbocycles. The van der Waals surface area contributed by atoms with Crippen LogP contribution in [0.15, 0.2) is 95.9 Å². The van der Waals surface area contributed by atoms with Crippen molar-refractivity contribution in [1.29, 1.82) is 0 Å². The molecule has 264 valence electrons. The monoisotopic (exact) mass is 724 g/mol. The van der Waals surface area contributed by atoms with Gasteiger partial charge in [-0.1, -0.05) is 73.5 Å². The number of halogens is 2. The second-order valence-corrected chi connectivity index (χ2v) is 13.8. The van der Waals surface area contributed by atoms with Crippen molar-refractivity contribution in [2.75, 3.05) is 24.5 Å². The first-order valence-corrected chi connectivity index (χ1v) is 17.6. The Morgan fingerprint density at radius 3 is 2.34 bits per heavy atom.